The molecule has 5 nitrogen and oxygen atoms in total. The van der Waals surface area contributed by atoms with Crippen molar-refractivity contribution in [1.82, 2.24) is 15.5 Å². The van der Waals surface area contributed by atoms with E-state index in [1.165, 1.54) is 0 Å². The van der Waals surface area contributed by atoms with E-state index in [-0.39, 0.29) is 0 Å². The molecule has 112 valence electrons. The Morgan fingerprint density at radius 1 is 1.24 bits per heavy atom. The van der Waals surface area contributed by atoms with E-state index in [4.69, 9.17) is 9.26 Å². The highest BCUT2D eigenvalue weighted by Crippen LogP contribution is 2.14. The molecule has 1 N–H and O–H groups in total. The Labute approximate surface area is 132 Å². The molecule has 21 heavy (non-hydrogen) atoms. The van der Waals surface area contributed by atoms with E-state index in [1.54, 1.807) is 0 Å². The minimum absolute atomic E-state index is 0.299. The zero-order chi connectivity index (χ0) is 14.5. The van der Waals surface area contributed by atoms with E-state index in [0.29, 0.717) is 30.8 Å². The van der Waals surface area contributed by atoms with Gasteiger partial charge < -0.3 is 14.6 Å². The van der Waals surface area contributed by atoms with E-state index in [9.17, 15) is 0 Å². The van der Waals surface area contributed by atoms with E-state index in [1.807, 2.05) is 24.3 Å². The van der Waals surface area contributed by atoms with Crippen LogP contribution in [0.3, 0.4) is 0 Å². The van der Waals surface area contributed by atoms with Gasteiger partial charge in [0.25, 0.3) is 5.89 Å². The van der Waals surface area contributed by atoms with Crippen molar-refractivity contribution in [3.05, 3.63) is 46.0 Å². The van der Waals surface area contributed by atoms with Crippen LogP contribution in [0, 0.1) is 0 Å². The molecule has 0 aliphatic carbocycles. The molecule has 1 saturated heterocycles. The first-order valence-corrected chi connectivity index (χ1v) is 7.97. The van der Waals surface area contributed by atoms with Crippen LogP contribution in [0.5, 0.6) is 0 Å². The Kier molecular flexibility index (Phi) is 5.00. The lowest BCUT2D eigenvalue weighted by atomic mass is 10.1. The molecule has 2 heterocycles. The second-order valence-corrected chi connectivity index (χ2v) is 6.08. The molecule has 3 rings (SSSR count). The van der Waals surface area contributed by atoms with Gasteiger partial charge >= 0.3 is 0 Å². The molecular formula is C15H18BrN3O2. The second kappa shape index (κ2) is 7.15. The molecule has 1 aromatic heterocycles. The lowest BCUT2D eigenvalue weighted by Crippen LogP contribution is -2.32. The molecule has 1 aromatic carbocycles. The Morgan fingerprint density at radius 3 is 2.76 bits per heavy atom. The monoisotopic (exact) mass is 351 g/mol. The molecule has 6 heteroatoms. The van der Waals surface area contributed by atoms with Crippen molar-refractivity contribution in [2.24, 2.45) is 0 Å². The minimum Gasteiger partial charge on any atom is -0.368 e. The topological polar surface area (TPSA) is 60.2 Å². The highest BCUT2D eigenvalue weighted by molar-refractivity contribution is 9.10. The van der Waals surface area contributed by atoms with E-state index in [0.717, 1.165) is 36.0 Å². The fraction of sp³-hybridized carbons (Fsp3) is 0.467. The van der Waals surface area contributed by atoms with Gasteiger partial charge in [0.05, 0.1) is 6.10 Å². The summed E-state index contributed by atoms with van der Waals surface area (Å²) in [6.07, 6.45) is 3.05. The highest BCUT2D eigenvalue weighted by Gasteiger charge is 2.15. The number of aromatic nitrogens is 2. The smallest absolute Gasteiger partial charge is 0.252 e. The number of piperidine rings is 1. The molecule has 1 aliphatic heterocycles. The lowest BCUT2D eigenvalue weighted by molar-refractivity contribution is 0.00859. The average Bonchev–Trinajstić information content (AvgIpc) is 2.96. The number of hydrogen-bond donors (Lipinski definition) is 1. The SMILES string of the molecule is Brc1ccc(Cc2noc(COC3CCNCC3)n2)cc1. The first kappa shape index (κ1) is 14.7. The summed E-state index contributed by atoms with van der Waals surface area (Å²) in [4.78, 5) is 4.38. The maximum atomic E-state index is 5.81. The maximum Gasteiger partial charge on any atom is 0.252 e. The third kappa shape index (κ3) is 4.36. The van der Waals surface area contributed by atoms with Crippen LogP contribution in [0.1, 0.15) is 30.1 Å². The van der Waals surface area contributed by atoms with Gasteiger partial charge in [-0.15, -0.1) is 0 Å². The van der Waals surface area contributed by atoms with Crippen LogP contribution >= 0.6 is 15.9 Å². The van der Waals surface area contributed by atoms with Crippen LogP contribution in [-0.2, 0) is 17.8 Å². The van der Waals surface area contributed by atoms with Crippen LogP contribution in [0.25, 0.3) is 0 Å². The van der Waals surface area contributed by atoms with Crippen LogP contribution < -0.4 is 5.32 Å². The minimum atomic E-state index is 0.299. The van der Waals surface area contributed by atoms with Crippen LogP contribution in [0.4, 0.5) is 0 Å². The Hall–Kier alpha value is -1.24. The number of halogens is 1. The van der Waals surface area contributed by atoms with E-state index < -0.39 is 0 Å². The molecule has 0 amide bonds. The van der Waals surface area contributed by atoms with Gasteiger partial charge in [-0.3, -0.25) is 0 Å². The van der Waals surface area contributed by atoms with Gasteiger partial charge in [0.1, 0.15) is 6.61 Å². The predicted molar refractivity (Wildman–Crippen MR) is 81.9 cm³/mol. The molecule has 0 unspecified atom stereocenters. The zero-order valence-electron chi connectivity index (χ0n) is 11.7. The quantitative estimate of drug-likeness (QED) is 0.897. The highest BCUT2D eigenvalue weighted by atomic mass is 79.9. The number of benzene rings is 1. The van der Waals surface area contributed by atoms with E-state index in [2.05, 4.69) is 31.4 Å². The first-order valence-electron chi connectivity index (χ1n) is 7.18. The third-order valence-corrected chi connectivity index (χ3v) is 4.04. The number of nitrogens with zero attached hydrogens (tertiary/aromatic N) is 2. The van der Waals surface area contributed by atoms with Gasteiger partial charge in [-0.1, -0.05) is 33.2 Å². The molecule has 2 aromatic rings. The van der Waals surface area contributed by atoms with Gasteiger partial charge in [-0.25, -0.2) is 0 Å². The predicted octanol–water partition coefficient (Wildman–Crippen LogP) is 2.69. The Balaban J connectivity index is 1.52. The van der Waals surface area contributed by atoms with Gasteiger partial charge in [-0.2, -0.15) is 4.98 Å². The van der Waals surface area contributed by atoms with Crippen molar-refractivity contribution >= 4 is 15.9 Å². The largest absolute Gasteiger partial charge is 0.368 e. The summed E-state index contributed by atoms with van der Waals surface area (Å²) in [6.45, 7) is 2.44. The summed E-state index contributed by atoms with van der Waals surface area (Å²) in [5.74, 6) is 1.25. The zero-order valence-corrected chi connectivity index (χ0v) is 13.3. The van der Waals surface area contributed by atoms with Crippen molar-refractivity contribution < 1.29 is 9.26 Å². The molecule has 0 radical (unpaired) electrons. The van der Waals surface area contributed by atoms with Crippen LogP contribution in [0.15, 0.2) is 33.3 Å². The summed E-state index contributed by atoms with van der Waals surface area (Å²) in [5.41, 5.74) is 1.16. The molecular weight excluding hydrogens is 334 g/mol. The number of nitrogens with one attached hydrogen (secondary N) is 1. The summed E-state index contributed by atoms with van der Waals surface area (Å²) in [7, 11) is 0. The number of rotatable bonds is 5. The summed E-state index contributed by atoms with van der Waals surface area (Å²) in [5, 5.41) is 7.32. The van der Waals surface area contributed by atoms with Crippen LogP contribution in [-0.4, -0.2) is 29.3 Å². The van der Waals surface area contributed by atoms with Gasteiger partial charge in [0, 0.05) is 10.9 Å². The Morgan fingerprint density at radius 2 is 2.00 bits per heavy atom. The van der Waals surface area contributed by atoms with Gasteiger partial charge in [-0.05, 0) is 43.6 Å². The van der Waals surface area contributed by atoms with Crippen molar-refractivity contribution in [3.63, 3.8) is 0 Å². The van der Waals surface area contributed by atoms with E-state index >= 15 is 0 Å². The third-order valence-electron chi connectivity index (χ3n) is 3.51. The summed E-state index contributed by atoms with van der Waals surface area (Å²) < 4.78 is 12.1. The average molecular weight is 352 g/mol. The van der Waals surface area contributed by atoms with Crippen molar-refractivity contribution in [1.29, 1.82) is 0 Å². The molecule has 0 spiro atoms. The van der Waals surface area contributed by atoms with Crippen LogP contribution in [0.2, 0.25) is 0 Å². The van der Waals surface area contributed by atoms with Crippen molar-refractivity contribution in [3.8, 4) is 0 Å². The maximum absolute atomic E-state index is 5.81. The van der Waals surface area contributed by atoms with Gasteiger partial charge in [0.15, 0.2) is 5.82 Å². The second-order valence-electron chi connectivity index (χ2n) is 5.17. The number of ether oxygens (including phenoxy) is 1. The van der Waals surface area contributed by atoms with Gasteiger partial charge in [0.2, 0.25) is 0 Å². The van der Waals surface area contributed by atoms with Crippen molar-refractivity contribution in [2.75, 3.05) is 13.1 Å². The molecule has 0 saturated carbocycles. The summed E-state index contributed by atoms with van der Waals surface area (Å²) >= 11 is 3.42. The molecule has 0 bridgehead atoms. The fourth-order valence-electron chi connectivity index (χ4n) is 2.36. The first-order chi connectivity index (χ1) is 10.3. The normalized spacial score (nSPS) is 16.2. The lowest BCUT2D eigenvalue weighted by Gasteiger charge is -2.21. The molecule has 1 fully saturated rings. The fourth-order valence-corrected chi connectivity index (χ4v) is 2.62. The standard InChI is InChI=1S/C15H18BrN3O2/c16-12-3-1-11(2-4-12)9-14-18-15(21-19-14)10-20-13-5-7-17-8-6-13/h1-4,13,17H,5-10H2. The molecule has 1 aliphatic rings. The Bertz CT molecular complexity index is 565. The summed E-state index contributed by atoms with van der Waals surface area (Å²) in [6, 6.07) is 8.12. The molecule has 0 atom stereocenters. The van der Waals surface area contributed by atoms with Crippen molar-refractivity contribution in [2.45, 2.75) is 32.0 Å². The number of hydrogen-bond acceptors (Lipinski definition) is 5.